The number of sulfonamides is 1. The molecule has 0 spiro atoms. The van der Waals surface area contributed by atoms with E-state index >= 15 is 0 Å². The van der Waals surface area contributed by atoms with Crippen LogP contribution in [-0.2, 0) is 16.6 Å². The molecule has 0 aliphatic carbocycles. The molecule has 0 saturated heterocycles. The summed E-state index contributed by atoms with van der Waals surface area (Å²) in [6.07, 6.45) is 0. The maximum Gasteiger partial charge on any atom is 0.345 e. The van der Waals surface area contributed by atoms with Gasteiger partial charge in [-0.25, -0.2) is 17.5 Å². The van der Waals surface area contributed by atoms with Crippen LogP contribution in [0.2, 0.25) is 5.02 Å². The first-order valence-electron chi connectivity index (χ1n) is 9.22. The molecular formula is C23H18ClNO4S. The summed E-state index contributed by atoms with van der Waals surface area (Å²) < 4.78 is 33.8. The molecule has 3 aromatic carbocycles. The van der Waals surface area contributed by atoms with Crippen molar-refractivity contribution in [3.8, 4) is 0 Å². The molecule has 1 aromatic heterocycles. The molecule has 0 N–H and O–H groups in total. The van der Waals surface area contributed by atoms with Crippen molar-refractivity contribution in [1.82, 2.24) is 0 Å². The van der Waals surface area contributed by atoms with E-state index < -0.39 is 15.6 Å². The Morgan fingerprint density at radius 1 is 0.867 bits per heavy atom. The molecule has 0 aliphatic rings. The van der Waals surface area contributed by atoms with Gasteiger partial charge in [0.15, 0.2) is 0 Å². The van der Waals surface area contributed by atoms with Crippen LogP contribution < -0.4 is 9.93 Å². The molecule has 0 saturated carbocycles. The maximum atomic E-state index is 13.6. The van der Waals surface area contributed by atoms with E-state index in [0.717, 1.165) is 9.87 Å². The van der Waals surface area contributed by atoms with Crippen molar-refractivity contribution in [2.45, 2.75) is 18.4 Å². The molecule has 0 amide bonds. The molecule has 1 heterocycles. The van der Waals surface area contributed by atoms with Crippen LogP contribution in [0.4, 0.5) is 5.88 Å². The van der Waals surface area contributed by atoms with Crippen molar-refractivity contribution >= 4 is 38.3 Å². The van der Waals surface area contributed by atoms with Gasteiger partial charge >= 0.3 is 5.63 Å². The predicted molar refractivity (Wildman–Crippen MR) is 118 cm³/mol. The molecule has 30 heavy (non-hydrogen) atoms. The number of fused-ring (bicyclic) bond motifs is 1. The number of anilines is 1. The highest BCUT2D eigenvalue weighted by Crippen LogP contribution is 2.31. The zero-order chi connectivity index (χ0) is 21.3. The monoisotopic (exact) mass is 439 g/mol. The quantitative estimate of drug-likeness (QED) is 0.431. The Hall–Kier alpha value is -3.09. The van der Waals surface area contributed by atoms with Crippen LogP contribution in [0.25, 0.3) is 10.8 Å². The van der Waals surface area contributed by atoms with E-state index in [1.807, 2.05) is 30.3 Å². The maximum absolute atomic E-state index is 13.6. The number of hydrogen-bond donors (Lipinski definition) is 0. The van der Waals surface area contributed by atoms with Gasteiger partial charge in [-0.1, -0.05) is 60.1 Å². The van der Waals surface area contributed by atoms with Crippen molar-refractivity contribution in [2.75, 3.05) is 4.31 Å². The van der Waals surface area contributed by atoms with Crippen LogP contribution in [0.1, 0.15) is 11.1 Å². The number of nitrogens with zero attached hydrogens (tertiary/aromatic N) is 1. The van der Waals surface area contributed by atoms with Gasteiger partial charge in [0.25, 0.3) is 10.0 Å². The number of halogens is 1. The van der Waals surface area contributed by atoms with Crippen LogP contribution >= 0.6 is 11.6 Å². The number of rotatable bonds is 5. The molecular weight excluding hydrogens is 422 g/mol. The van der Waals surface area contributed by atoms with Crippen molar-refractivity contribution in [1.29, 1.82) is 0 Å². The minimum absolute atomic E-state index is 0.00231. The van der Waals surface area contributed by atoms with Gasteiger partial charge in [-0.15, -0.1) is 0 Å². The van der Waals surface area contributed by atoms with Crippen molar-refractivity contribution < 1.29 is 12.8 Å². The average Bonchev–Trinajstić information content (AvgIpc) is 2.76. The zero-order valence-electron chi connectivity index (χ0n) is 16.1. The van der Waals surface area contributed by atoms with E-state index in [-0.39, 0.29) is 17.3 Å². The second-order valence-corrected chi connectivity index (χ2v) is 9.12. The van der Waals surface area contributed by atoms with Crippen molar-refractivity contribution in [2.24, 2.45) is 0 Å². The van der Waals surface area contributed by atoms with Gasteiger partial charge in [0.2, 0.25) is 5.88 Å². The first-order valence-corrected chi connectivity index (χ1v) is 11.0. The second kappa shape index (κ2) is 7.97. The third-order valence-corrected chi connectivity index (χ3v) is 6.85. The summed E-state index contributed by atoms with van der Waals surface area (Å²) in [6.45, 7) is 1.75. The lowest BCUT2D eigenvalue weighted by Gasteiger charge is -2.25. The molecule has 0 aliphatic heterocycles. The van der Waals surface area contributed by atoms with Crippen LogP contribution in [0.15, 0.2) is 93.0 Å². The molecule has 4 rings (SSSR count). The lowest BCUT2D eigenvalue weighted by Crippen LogP contribution is -2.32. The van der Waals surface area contributed by atoms with Gasteiger partial charge in [0.05, 0.1) is 16.8 Å². The Morgan fingerprint density at radius 3 is 2.13 bits per heavy atom. The Morgan fingerprint density at radius 2 is 1.47 bits per heavy atom. The Bertz CT molecular complexity index is 1360. The van der Waals surface area contributed by atoms with E-state index in [1.165, 1.54) is 24.3 Å². The third-order valence-electron chi connectivity index (χ3n) is 4.86. The number of hydrogen-bond acceptors (Lipinski definition) is 4. The normalized spacial score (nSPS) is 11.5. The van der Waals surface area contributed by atoms with Gasteiger partial charge in [0.1, 0.15) is 0 Å². The van der Waals surface area contributed by atoms with E-state index in [0.29, 0.717) is 21.4 Å². The van der Waals surface area contributed by atoms with Crippen LogP contribution in [0.3, 0.4) is 0 Å². The summed E-state index contributed by atoms with van der Waals surface area (Å²) in [5.41, 5.74) is 0.736. The topological polar surface area (TPSA) is 67.6 Å². The summed E-state index contributed by atoms with van der Waals surface area (Å²) in [4.78, 5) is 12.7. The van der Waals surface area contributed by atoms with Crippen LogP contribution in [0.5, 0.6) is 0 Å². The fourth-order valence-electron chi connectivity index (χ4n) is 3.31. The number of benzene rings is 3. The molecule has 152 valence electrons. The lowest BCUT2D eigenvalue weighted by molar-refractivity contribution is 0.511. The molecule has 5 nitrogen and oxygen atoms in total. The van der Waals surface area contributed by atoms with E-state index in [1.54, 1.807) is 31.2 Å². The molecule has 0 atom stereocenters. The fourth-order valence-corrected chi connectivity index (χ4v) is 4.88. The Kier molecular flexibility index (Phi) is 5.37. The highest BCUT2D eigenvalue weighted by molar-refractivity contribution is 7.92. The van der Waals surface area contributed by atoms with Gasteiger partial charge in [0, 0.05) is 10.6 Å². The van der Waals surface area contributed by atoms with Crippen LogP contribution in [0, 0.1) is 6.92 Å². The molecule has 0 unspecified atom stereocenters. The summed E-state index contributed by atoms with van der Waals surface area (Å²) in [7, 11) is -4.03. The van der Waals surface area contributed by atoms with E-state index in [4.69, 9.17) is 16.0 Å². The van der Waals surface area contributed by atoms with Gasteiger partial charge in [-0.2, -0.15) is 0 Å². The number of aryl methyl sites for hydroxylation is 1. The fraction of sp³-hybridized carbons (Fsp3) is 0.0870. The second-order valence-electron chi connectivity index (χ2n) is 6.82. The first kappa shape index (κ1) is 20.2. The predicted octanol–water partition coefficient (Wildman–Crippen LogP) is 5.15. The van der Waals surface area contributed by atoms with Crippen molar-refractivity contribution in [3.05, 3.63) is 105 Å². The zero-order valence-corrected chi connectivity index (χ0v) is 17.7. The summed E-state index contributed by atoms with van der Waals surface area (Å²) in [6, 6.07) is 22.0. The van der Waals surface area contributed by atoms with E-state index in [9.17, 15) is 13.2 Å². The molecule has 0 bridgehead atoms. The smallest absolute Gasteiger partial charge is 0.345 e. The highest BCUT2D eigenvalue weighted by Gasteiger charge is 2.29. The molecule has 0 fully saturated rings. The first-order chi connectivity index (χ1) is 14.4. The van der Waals surface area contributed by atoms with Crippen LogP contribution in [-0.4, -0.2) is 8.42 Å². The lowest BCUT2D eigenvalue weighted by atomic mass is 10.1. The van der Waals surface area contributed by atoms with Gasteiger partial charge in [-0.3, -0.25) is 0 Å². The average molecular weight is 440 g/mol. The van der Waals surface area contributed by atoms with E-state index in [2.05, 4.69) is 0 Å². The van der Waals surface area contributed by atoms with Gasteiger partial charge in [-0.05, 0) is 48.2 Å². The molecule has 4 aromatic rings. The van der Waals surface area contributed by atoms with Gasteiger partial charge < -0.3 is 4.42 Å². The minimum Gasteiger partial charge on any atom is -0.405 e. The molecule has 0 radical (unpaired) electrons. The summed E-state index contributed by atoms with van der Waals surface area (Å²) in [5.74, 6) is -0.00231. The van der Waals surface area contributed by atoms with Crippen molar-refractivity contribution in [3.63, 3.8) is 0 Å². The Labute approximate surface area is 179 Å². The summed E-state index contributed by atoms with van der Waals surface area (Å²) >= 11 is 5.93. The molecule has 7 heteroatoms. The largest absolute Gasteiger partial charge is 0.405 e. The minimum atomic E-state index is -4.03. The summed E-state index contributed by atoms with van der Waals surface area (Å²) in [5, 5.41) is 1.48. The highest BCUT2D eigenvalue weighted by atomic mass is 35.5. The Balaban J connectivity index is 1.94. The third kappa shape index (κ3) is 3.72. The SMILES string of the molecule is Cc1c(N(Cc2ccccc2)S(=O)(=O)c2ccc(Cl)cc2)oc(=O)c2ccccc12. The standard InChI is InChI=1S/C23H18ClNO4S/c1-16-20-9-5-6-10-21(20)23(26)29-22(16)25(15-17-7-3-2-4-8-17)30(27,28)19-13-11-18(24)12-14-19/h2-14H,15H2,1H3.